The molecule has 0 heterocycles. The minimum absolute atomic E-state index is 0.00521. The zero-order chi connectivity index (χ0) is 27.4. The van der Waals surface area contributed by atoms with Crippen molar-refractivity contribution < 1.29 is 23.7 Å². The molecule has 0 radical (unpaired) electrons. The second-order valence-corrected chi connectivity index (χ2v) is 11.8. The van der Waals surface area contributed by atoms with Crippen LogP contribution in [0.4, 0.5) is 11.4 Å². The summed E-state index contributed by atoms with van der Waals surface area (Å²) in [7, 11) is -4.68. The number of amides is 1. The summed E-state index contributed by atoms with van der Waals surface area (Å²) >= 11 is 0. The standard InChI is InChI=1S/C30H45N2O5P/c1-3-5-11-24(12-6-4-2)22-31-29-18-17-25(20-26(29)19-23-13-8-7-9-14-23)30(33)32-27-15-10-16-28(21-27)37-38(34,35)36/h10,15-18,20-21,23-24,31H,3-9,11-14,19,22H2,1-2H3,(H,32,33)(H2,34,35,36). The summed E-state index contributed by atoms with van der Waals surface area (Å²) in [6.45, 7) is 5.45. The first-order chi connectivity index (χ1) is 18.3. The Morgan fingerprint density at radius 3 is 2.39 bits per heavy atom. The normalized spacial score (nSPS) is 14.4. The Morgan fingerprint density at radius 1 is 1.03 bits per heavy atom. The molecule has 0 aliphatic heterocycles. The van der Waals surface area contributed by atoms with Crippen molar-refractivity contribution in [2.45, 2.75) is 90.9 Å². The van der Waals surface area contributed by atoms with Crippen molar-refractivity contribution >= 4 is 25.1 Å². The van der Waals surface area contributed by atoms with Crippen LogP contribution in [0.25, 0.3) is 0 Å². The minimum Gasteiger partial charge on any atom is -0.404 e. The first kappa shape index (κ1) is 30.2. The predicted octanol–water partition coefficient (Wildman–Crippen LogP) is 7.94. The fraction of sp³-hybridized carbons (Fsp3) is 0.567. The lowest BCUT2D eigenvalue weighted by molar-refractivity contribution is 0.102. The number of benzene rings is 2. The number of unbranched alkanes of at least 4 members (excludes halogenated alkanes) is 2. The van der Waals surface area contributed by atoms with E-state index in [9.17, 15) is 9.36 Å². The van der Waals surface area contributed by atoms with Crippen LogP contribution in [-0.4, -0.2) is 22.2 Å². The fourth-order valence-electron chi connectivity index (χ4n) is 5.34. The zero-order valence-corrected chi connectivity index (χ0v) is 23.8. The van der Waals surface area contributed by atoms with Crippen LogP contribution in [0, 0.1) is 11.8 Å². The Balaban J connectivity index is 1.76. The molecule has 0 atom stereocenters. The Kier molecular flexibility index (Phi) is 12.2. The summed E-state index contributed by atoms with van der Waals surface area (Å²) in [5.41, 5.74) is 3.29. The molecule has 2 aromatic rings. The van der Waals surface area contributed by atoms with Crippen LogP contribution < -0.4 is 15.2 Å². The van der Waals surface area contributed by atoms with Crippen LogP contribution in [0.1, 0.15) is 100 Å². The zero-order valence-electron chi connectivity index (χ0n) is 23.0. The summed E-state index contributed by atoms with van der Waals surface area (Å²) in [5.74, 6) is 1.02. The largest absolute Gasteiger partial charge is 0.524 e. The monoisotopic (exact) mass is 544 g/mol. The third kappa shape index (κ3) is 10.4. The van der Waals surface area contributed by atoms with E-state index in [4.69, 9.17) is 9.79 Å². The summed E-state index contributed by atoms with van der Waals surface area (Å²) < 4.78 is 15.8. The molecule has 7 nitrogen and oxygen atoms in total. The van der Waals surface area contributed by atoms with Gasteiger partial charge in [-0.05, 0) is 67.0 Å². The molecule has 38 heavy (non-hydrogen) atoms. The van der Waals surface area contributed by atoms with Crippen molar-refractivity contribution in [3.05, 3.63) is 53.6 Å². The van der Waals surface area contributed by atoms with Gasteiger partial charge in [0.15, 0.2) is 0 Å². The topological polar surface area (TPSA) is 108 Å². The lowest BCUT2D eigenvalue weighted by Gasteiger charge is -2.24. The molecule has 2 aromatic carbocycles. The summed E-state index contributed by atoms with van der Waals surface area (Å²) in [6.07, 6.45) is 14.7. The van der Waals surface area contributed by atoms with E-state index in [0.29, 0.717) is 23.1 Å². The second-order valence-electron chi connectivity index (χ2n) is 10.7. The van der Waals surface area contributed by atoms with Gasteiger partial charge < -0.3 is 15.2 Å². The third-order valence-electron chi connectivity index (χ3n) is 7.43. The molecule has 0 saturated heterocycles. The Labute approximate surface area is 228 Å². The Bertz CT molecular complexity index is 1060. The number of carbonyl (C=O) groups is 1. The molecule has 3 rings (SSSR count). The SMILES string of the molecule is CCCCC(CCCC)CNc1ccc(C(=O)Nc2cccc(OP(=O)(O)O)c2)cc1CC1CCCCC1. The van der Waals surface area contributed by atoms with Gasteiger partial charge in [0.1, 0.15) is 5.75 Å². The molecule has 1 saturated carbocycles. The van der Waals surface area contributed by atoms with Crippen molar-refractivity contribution in [1.29, 1.82) is 0 Å². The van der Waals surface area contributed by atoms with Crippen LogP contribution in [-0.2, 0) is 11.0 Å². The highest BCUT2D eigenvalue weighted by Crippen LogP contribution is 2.38. The highest BCUT2D eigenvalue weighted by atomic mass is 31.2. The van der Waals surface area contributed by atoms with Crippen molar-refractivity contribution in [1.82, 2.24) is 0 Å². The molecule has 4 N–H and O–H groups in total. The molecular formula is C30H45N2O5P. The van der Waals surface area contributed by atoms with Gasteiger partial charge in [0.25, 0.3) is 5.91 Å². The molecule has 0 aromatic heterocycles. The van der Waals surface area contributed by atoms with Gasteiger partial charge >= 0.3 is 7.82 Å². The number of phosphoric ester groups is 1. The second kappa shape index (κ2) is 15.3. The number of nitrogens with one attached hydrogen (secondary N) is 2. The number of hydrogen-bond donors (Lipinski definition) is 4. The average Bonchev–Trinajstić information content (AvgIpc) is 2.88. The van der Waals surface area contributed by atoms with E-state index in [2.05, 4.69) is 29.0 Å². The molecule has 1 amide bonds. The first-order valence-corrected chi connectivity index (χ1v) is 15.8. The van der Waals surface area contributed by atoms with Gasteiger partial charge in [0.2, 0.25) is 0 Å². The van der Waals surface area contributed by atoms with E-state index in [1.807, 2.05) is 18.2 Å². The van der Waals surface area contributed by atoms with Gasteiger partial charge in [-0.25, -0.2) is 4.57 Å². The van der Waals surface area contributed by atoms with Crippen LogP contribution in [0.5, 0.6) is 5.75 Å². The van der Waals surface area contributed by atoms with Crippen molar-refractivity contribution in [3.8, 4) is 5.75 Å². The highest BCUT2D eigenvalue weighted by molar-refractivity contribution is 7.46. The highest BCUT2D eigenvalue weighted by Gasteiger charge is 2.19. The molecule has 210 valence electrons. The maximum atomic E-state index is 13.1. The van der Waals surface area contributed by atoms with E-state index in [-0.39, 0.29) is 11.7 Å². The van der Waals surface area contributed by atoms with E-state index in [0.717, 1.165) is 18.7 Å². The predicted molar refractivity (Wildman–Crippen MR) is 155 cm³/mol. The fourth-order valence-corrected chi connectivity index (χ4v) is 5.73. The van der Waals surface area contributed by atoms with Crippen LogP contribution in [0.15, 0.2) is 42.5 Å². The van der Waals surface area contributed by atoms with Crippen LogP contribution in [0.3, 0.4) is 0 Å². The summed E-state index contributed by atoms with van der Waals surface area (Å²) in [6, 6.07) is 12.0. The maximum absolute atomic E-state index is 13.1. The van der Waals surface area contributed by atoms with Gasteiger partial charge in [-0.15, -0.1) is 0 Å². The molecule has 1 fully saturated rings. The minimum atomic E-state index is -4.68. The van der Waals surface area contributed by atoms with Crippen LogP contribution >= 0.6 is 7.82 Å². The third-order valence-corrected chi connectivity index (χ3v) is 7.88. The number of phosphoric acid groups is 1. The molecule has 1 aliphatic rings. The number of rotatable bonds is 15. The first-order valence-electron chi connectivity index (χ1n) is 14.3. The van der Waals surface area contributed by atoms with Crippen molar-refractivity contribution in [2.24, 2.45) is 11.8 Å². The molecule has 0 unspecified atom stereocenters. The lowest BCUT2D eigenvalue weighted by atomic mass is 9.84. The van der Waals surface area contributed by atoms with E-state index < -0.39 is 7.82 Å². The molecule has 8 heteroatoms. The summed E-state index contributed by atoms with van der Waals surface area (Å²) in [4.78, 5) is 31.3. The number of hydrogen-bond acceptors (Lipinski definition) is 4. The smallest absolute Gasteiger partial charge is 0.404 e. The van der Waals surface area contributed by atoms with Gasteiger partial charge in [0, 0.05) is 29.5 Å². The number of anilines is 2. The van der Waals surface area contributed by atoms with Gasteiger partial charge in [-0.2, -0.15) is 0 Å². The van der Waals surface area contributed by atoms with Gasteiger partial charge in [-0.1, -0.05) is 77.7 Å². The Morgan fingerprint density at radius 2 is 1.74 bits per heavy atom. The Hall–Kier alpha value is -2.34. The van der Waals surface area contributed by atoms with E-state index in [1.165, 1.54) is 88.3 Å². The summed E-state index contributed by atoms with van der Waals surface area (Å²) in [5, 5.41) is 6.58. The molecule has 0 spiro atoms. The molecular weight excluding hydrogens is 499 g/mol. The molecule has 1 aliphatic carbocycles. The van der Waals surface area contributed by atoms with Crippen molar-refractivity contribution in [2.75, 3.05) is 17.2 Å². The number of carbonyl (C=O) groups excluding carboxylic acids is 1. The van der Waals surface area contributed by atoms with Gasteiger partial charge in [0.05, 0.1) is 0 Å². The van der Waals surface area contributed by atoms with Gasteiger partial charge in [-0.3, -0.25) is 14.6 Å². The quantitative estimate of drug-likeness (QED) is 0.170. The van der Waals surface area contributed by atoms with Crippen LogP contribution in [0.2, 0.25) is 0 Å². The lowest BCUT2D eigenvalue weighted by Crippen LogP contribution is -2.18. The van der Waals surface area contributed by atoms with E-state index in [1.54, 1.807) is 12.1 Å². The average molecular weight is 545 g/mol. The maximum Gasteiger partial charge on any atom is 0.524 e. The molecule has 0 bridgehead atoms. The van der Waals surface area contributed by atoms with Crippen molar-refractivity contribution in [3.63, 3.8) is 0 Å². The van der Waals surface area contributed by atoms with E-state index >= 15 is 0 Å².